The van der Waals surface area contributed by atoms with E-state index in [2.05, 4.69) is 36.9 Å². The van der Waals surface area contributed by atoms with Crippen molar-refractivity contribution in [3.8, 4) is 10.4 Å². The molecule has 1 fully saturated rings. The van der Waals surface area contributed by atoms with Gasteiger partial charge in [0.25, 0.3) is 5.91 Å². The average molecular weight is 1130 g/mol. The number of benzene rings is 3. The minimum atomic E-state index is -1.32. The van der Waals surface area contributed by atoms with Crippen LogP contribution in [0.4, 0.5) is 24.5 Å². The molecule has 0 radical (unpaired) electrons. The lowest BCUT2D eigenvalue weighted by atomic mass is 9.91. The Morgan fingerprint density at radius 1 is 0.903 bits per heavy atom. The van der Waals surface area contributed by atoms with Crippen molar-refractivity contribution >= 4 is 68.9 Å². The Morgan fingerprint density at radius 2 is 1.61 bits per heavy atom. The number of nitrogens with zero attached hydrogens (tertiary/aromatic N) is 3. The predicted octanol–water partition coefficient (Wildman–Crippen LogP) is 9.32. The number of thiazole rings is 1. The first-order valence-electron chi connectivity index (χ1n) is 24.4. The molecule has 1 aliphatic heterocycles. The summed E-state index contributed by atoms with van der Waals surface area (Å²) in [6.07, 6.45) is 6.69. The maximum atomic E-state index is 14.7. The van der Waals surface area contributed by atoms with Crippen LogP contribution in [-0.2, 0) is 19.2 Å². The van der Waals surface area contributed by atoms with Crippen LogP contribution in [-0.4, -0.2) is 88.7 Å². The van der Waals surface area contributed by atoms with E-state index in [9.17, 15) is 37.5 Å². The number of amides is 4. The number of likely N-dealkylation sites (tertiary alicyclic amines) is 1. The first-order valence-corrected chi connectivity index (χ1v) is 26.4. The summed E-state index contributed by atoms with van der Waals surface area (Å²) in [6, 6.07) is 13.9. The third-order valence-corrected chi connectivity index (χ3v) is 14.1. The molecule has 0 unspecified atom stereocenters. The highest BCUT2D eigenvalue weighted by atomic mass is 127. The molecule has 72 heavy (non-hydrogen) atoms. The number of aryl methyl sites for hydroxylation is 2. The number of nitrogens with one attached hydrogen (secondary N) is 5. The number of halogens is 4. The van der Waals surface area contributed by atoms with Gasteiger partial charge in [0.2, 0.25) is 17.7 Å². The summed E-state index contributed by atoms with van der Waals surface area (Å²) in [5, 5.41) is 26.6. The normalized spacial score (nSPS) is 15.4. The van der Waals surface area contributed by atoms with Crippen molar-refractivity contribution in [2.24, 2.45) is 5.92 Å². The molecule has 4 amide bonds. The highest BCUT2D eigenvalue weighted by Crippen LogP contribution is 2.33. The summed E-state index contributed by atoms with van der Waals surface area (Å²) in [7, 11) is 0. The van der Waals surface area contributed by atoms with Crippen molar-refractivity contribution in [2.45, 2.75) is 116 Å². The lowest BCUT2D eigenvalue weighted by molar-refractivity contribution is -0.141. The Morgan fingerprint density at radius 3 is 2.28 bits per heavy atom. The molecule has 3 heterocycles. The molecule has 2 aromatic heterocycles. The van der Waals surface area contributed by atoms with Gasteiger partial charge in [-0.25, -0.2) is 23.6 Å². The first kappa shape index (κ1) is 55.9. The number of hydroxylamine groups is 1. The monoisotopic (exact) mass is 1130 g/mol. The second-order valence-corrected chi connectivity index (χ2v) is 20.5. The van der Waals surface area contributed by atoms with E-state index in [-0.39, 0.29) is 55.0 Å². The van der Waals surface area contributed by atoms with E-state index < -0.39 is 59.1 Å². The van der Waals surface area contributed by atoms with E-state index in [0.29, 0.717) is 34.5 Å². The molecule has 0 aliphatic carbocycles. The second-order valence-electron chi connectivity index (χ2n) is 18.4. The molecule has 5 aromatic rings. The molecule has 6 N–H and O–H groups in total. The zero-order valence-electron chi connectivity index (χ0n) is 41.0. The highest BCUT2D eigenvalue weighted by Gasteiger charge is 2.44. The van der Waals surface area contributed by atoms with Gasteiger partial charge >= 0.3 is 0 Å². The van der Waals surface area contributed by atoms with E-state index in [1.54, 1.807) is 24.6 Å². The lowest BCUT2D eigenvalue weighted by Crippen LogP contribution is -2.49. The number of hydrogen-bond donors (Lipinski definition) is 6. The summed E-state index contributed by atoms with van der Waals surface area (Å²) >= 11 is 3.46. The van der Waals surface area contributed by atoms with Gasteiger partial charge in [-0.1, -0.05) is 75.4 Å². The van der Waals surface area contributed by atoms with Crippen molar-refractivity contribution in [1.29, 1.82) is 0 Å². The third-order valence-electron chi connectivity index (χ3n) is 12.4. The number of aromatic nitrogens is 2. The standard InChI is InChI=1S/C52H64F3IN8O7S/c1-31(2)46(44-25-32(3)62-71-44)52(69)64-29-37(65)27-43(64)51(68)61-42(34-13-15-35(16-14-34)49-33(4)59-30-72-49)28-45(66)58-23-11-9-7-5-6-8-10-21-57-22-12-24-70-63-50(67)38-18-19-39(53)47(55)48(38)60-41-20-17-36(56)26-40(41)54/h13-20,25-26,30-31,37,42-43,46,57,60,65H,5-12,21-24,27-29H2,1-4H3,(H,58,66)(H,61,68)(H,63,67)/t37-,42+,43+,46-/m1/s1. The maximum Gasteiger partial charge on any atom is 0.277 e. The van der Waals surface area contributed by atoms with Crippen LogP contribution >= 0.6 is 33.9 Å². The van der Waals surface area contributed by atoms with Gasteiger partial charge in [-0.15, -0.1) is 11.3 Å². The van der Waals surface area contributed by atoms with Crippen molar-refractivity contribution in [2.75, 3.05) is 38.1 Å². The van der Waals surface area contributed by atoms with Gasteiger partial charge in [-0.3, -0.25) is 24.0 Å². The molecule has 4 atom stereocenters. The molecular weight excluding hydrogens is 1060 g/mol. The first-order chi connectivity index (χ1) is 34.6. The van der Waals surface area contributed by atoms with Crippen LogP contribution in [0, 0.1) is 40.8 Å². The van der Waals surface area contributed by atoms with Gasteiger partial charge in [0, 0.05) is 29.1 Å². The number of aliphatic hydroxyl groups excluding tert-OH is 1. The molecule has 15 nitrogen and oxygen atoms in total. The van der Waals surface area contributed by atoms with E-state index >= 15 is 0 Å². The fraction of sp³-hybridized carbons (Fsp3) is 0.462. The Bertz CT molecular complexity index is 2600. The summed E-state index contributed by atoms with van der Waals surface area (Å²) in [4.78, 5) is 66.4. The molecule has 3 aromatic carbocycles. The van der Waals surface area contributed by atoms with E-state index in [4.69, 9.17) is 9.36 Å². The van der Waals surface area contributed by atoms with Crippen LogP contribution < -0.4 is 26.7 Å². The number of aliphatic hydroxyl groups is 1. The van der Waals surface area contributed by atoms with Crippen LogP contribution in [0.5, 0.6) is 0 Å². The van der Waals surface area contributed by atoms with Crippen LogP contribution in [0.3, 0.4) is 0 Å². The maximum absolute atomic E-state index is 14.7. The molecular formula is C52H64F3IN8O7S. The molecule has 1 saturated heterocycles. The summed E-state index contributed by atoms with van der Waals surface area (Å²) in [5.74, 6) is -5.44. The Balaban J connectivity index is 0.871. The van der Waals surface area contributed by atoms with Crippen molar-refractivity contribution in [3.05, 3.63) is 115 Å². The summed E-state index contributed by atoms with van der Waals surface area (Å²) < 4.78 is 49.2. The fourth-order valence-corrected chi connectivity index (χ4v) is 9.88. The average Bonchev–Trinajstić information content (AvgIpc) is 4.09. The molecule has 1 aliphatic rings. The third kappa shape index (κ3) is 15.8. The smallest absolute Gasteiger partial charge is 0.277 e. The minimum Gasteiger partial charge on any atom is -0.391 e. The molecule has 0 saturated carbocycles. The van der Waals surface area contributed by atoms with Crippen molar-refractivity contribution in [1.82, 2.24) is 36.5 Å². The topological polar surface area (TPSA) is 200 Å². The van der Waals surface area contributed by atoms with Gasteiger partial charge in [0.1, 0.15) is 23.5 Å². The van der Waals surface area contributed by atoms with Gasteiger partial charge in [0.15, 0.2) is 11.6 Å². The number of unbranched alkanes of at least 4 members (excludes halogenated alkanes) is 6. The number of anilines is 2. The SMILES string of the molecule is Cc1cc([C@H](C(=O)N2C[C@H](O)C[C@H]2C(=O)N[C@@H](CC(=O)NCCCCCCCCCNCCCONC(=O)c2ccc(F)c(F)c2Nc2ccc(I)cc2F)c2ccc(-c3scnc3C)cc2)C(C)C)on1. The van der Waals surface area contributed by atoms with E-state index in [1.165, 1.54) is 28.4 Å². The van der Waals surface area contributed by atoms with E-state index in [1.807, 2.05) is 67.6 Å². The zero-order valence-corrected chi connectivity index (χ0v) is 44.0. The van der Waals surface area contributed by atoms with Crippen molar-refractivity contribution < 1.29 is 46.8 Å². The molecule has 388 valence electrons. The van der Waals surface area contributed by atoms with Crippen molar-refractivity contribution in [3.63, 3.8) is 0 Å². The number of hydrogen-bond acceptors (Lipinski definition) is 12. The Labute approximate surface area is 435 Å². The molecule has 0 bridgehead atoms. The van der Waals surface area contributed by atoms with Gasteiger partial charge in [-0.05, 0) is 116 Å². The molecule has 20 heteroatoms. The molecule has 0 spiro atoms. The Hall–Kier alpha value is -5.42. The summed E-state index contributed by atoms with van der Waals surface area (Å²) in [5.41, 5.74) is 6.43. The largest absolute Gasteiger partial charge is 0.391 e. The number of β-amino-alcohol motifs (C(OH)–C–C–N with tert-alkyl or cyclic N) is 1. The van der Waals surface area contributed by atoms with Crippen LogP contribution in [0.2, 0.25) is 0 Å². The van der Waals surface area contributed by atoms with Gasteiger partial charge in [-0.2, -0.15) is 0 Å². The van der Waals surface area contributed by atoms with Crippen LogP contribution in [0.25, 0.3) is 10.4 Å². The summed E-state index contributed by atoms with van der Waals surface area (Å²) in [6.45, 7) is 9.64. The quantitative estimate of drug-likeness (QED) is 0.0166. The minimum absolute atomic E-state index is 0.00164. The zero-order chi connectivity index (χ0) is 51.7. The number of rotatable bonds is 27. The lowest BCUT2D eigenvalue weighted by Gasteiger charge is -2.30. The van der Waals surface area contributed by atoms with Crippen LogP contribution in [0.1, 0.15) is 123 Å². The predicted molar refractivity (Wildman–Crippen MR) is 278 cm³/mol. The number of carbonyl (C=O) groups is 4. The van der Waals surface area contributed by atoms with Gasteiger partial charge in [0.05, 0.1) is 63.9 Å². The van der Waals surface area contributed by atoms with Gasteiger partial charge < -0.3 is 35.8 Å². The Kier molecular flexibility index (Phi) is 21.4. The second kappa shape index (κ2) is 27.6. The fourth-order valence-electron chi connectivity index (χ4n) is 8.61. The number of carbonyl (C=O) groups excluding carboxylic acids is 4. The van der Waals surface area contributed by atoms with E-state index in [0.717, 1.165) is 85.3 Å². The van der Waals surface area contributed by atoms with Crippen LogP contribution in [0.15, 0.2) is 70.7 Å². The highest BCUT2D eigenvalue weighted by molar-refractivity contribution is 14.1. The molecule has 6 rings (SSSR count).